The maximum atomic E-state index is 8.74. The molecule has 8 aromatic carbocycles. The number of aromatic nitrogens is 7. The van der Waals surface area contributed by atoms with Gasteiger partial charge in [0.1, 0.15) is 28.2 Å². The van der Waals surface area contributed by atoms with Crippen molar-refractivity contribution >= 4 is 110 Å². The molecule has 0 aliphatic heterocycles. The van der Waals surface area contributed by atoms with Crippen LogP contribution >= 0.6 is 0 Å². The van der Waals surface area contributed by atoms with E-state index in [2.05, 4.69) is 233 Å². The summed E-state index contributed by atoms with van der Waals surface area (Å²) in [5, 5.41) is 11.9. The van der Waals surface area contributed by atoms with E-state index in [4.69, 9.17) is 26.5 Å². The van der Waals surface area contributed by atoms with Crippen LogP contribution in [0.25, 0.3) is 155 Å². The SMILES string of the molecule is Cc1ccc2c(n1)oc1c(-c3ccc4c(CC(C)C)cccc4[n+]3C)c(C)c(C)cc12.[2H]C([2H])(c1ccc(-c2ccccc2C)[n+](C)c1)C(C)(C)C.[2H]C([2H])(c1cccc2c1ccc(-c1c(C)c(C)cc3c1oc1nc(C)ccc13)[n+]2C)C(C)C.[2H]C([2H])(c1cccc2c1ccc(-c1c(C)c3ccccc3c3c1oc1nc(C)ccc13)[n+]2C)C(C)C. The summed E-state index contributed by atoms with van der Waals surface area (Å²) < 4.78 is 79.5. The molecule has 0 saturated heterocycles. The number of nitrogens with zero attached hydrogens (tertiary/aromatic N) is 7. The van der Waals surface area contributed by atoms with Crippen LogP contribution in [-0.2, 0) is 53.7 Å². The molecule has 10 nitrogen and oxygen atoms in total. The molecule has 0 saturated carbocycles. The van der Waals surface area contributed by atoms with Crippen molar-refractivity contribution in [1.29, 1.82) is 0 Å². The van der Waals surface area contributed by atoms with Gasteiger partial charge in [-0.15, -0.1) is 0 Å². The van der Waals surface area contributed by atoms with E-state index in [-0.39, 0.29) is 11.8 Å². The fraction of sp³-hybridized carbons (Fsp3) is 0.286. The number of fused-ring (bicyclic) bond motifs is 14. The first kappa shape index (κ1) is 71.1. The second-order valence-corrected chi connectivity index (χ2v) is 33.6. The lowest BCUT2D eigenvalue weighted by molar-refractivity contribution is -0.660. The molecule has 0 aliphatic carbocycles. The van der Waals surface area contributed by atoms with E-state index in [1.54, 1.807) is 0 Å². The van der Waals surface area contributed by atoms with Crippen molar-refractivity contribution in [3.05, 3.63) is 279 Å². The lowest BCUT2D eigenvalue weighted by Crippen LogP contribution is -2.32. The standard InChI is InChI=1S/C31H29N2O.2C28H29N2O.C18H24N/c1-18(2)17-21-9-8-12-26-23(21)15-16-27(33(26)5)28-20(4)22-10-6-7-11-24(22)29-25-14-13-19(3)32-31(25)34-30(28)29;2*1-16(2)14-20-8-7-9-24-21(20)12-13-25(30(24)6)26-19(5)17(3)15-23-22-11-10-18(4)29-28(22)31-27(23)26;1-14-8-6-7-9-16(14)17-11-10-15(13-19(17)5)12-18(2,3)4/h6-16,18H,17H2,1-5H3;2*7-13,15-16H,14H2,1-6H3;6-11,13H,12H2,1-5H3/q4*+1/i17D2;14D2;;12D2. The van der Waals surface area contributed by atoms with Crippen LogP contribution in [0.4, 0.5) is 0 Å². The fourth-order valence-corrected chi connectivity index (χ4v) is 16.8. The van der Waals surface area contributed by atoms with Crippen molar-refractivity contribution in [2.75, 3.05) is 0 Å². The average molecular weight is 1530 g/mol. The number of rotatable bonds is 11. The van der Waals surface area contributed by atoms with Gasteiger partial charge in [0.2, 0.25) is 56.5 Å². The molecule has 0 amide bonds. The van der Waals surface area contributed by atoms with Gasteiger partial charge in [0.05, 0.1) is 16.7 Å². The Kier molecular flexibility index (Phi) is 19.5. The Morgan fingerprint density at radius 2 is 0.757 bits per heavy atom. The van der Waals surface area contributed by atoms with Gasteiger partial charge in [-0.25, -0.2) is 19.5 Å². The van der Waals surface area contributed by atoms with E-state index < -0.39 is 24.5 Å². The first-order valence-electron chi connectivity index (χ1n) is 43.4. The highest BCUT2D eigenvalue weighted by Crippen LogP contribution is 2.45. The topological polar surface area (TPSA) is 93.6 Å². The molecular weight excluding hydrogens is 1410 g/mol. The third kappa shape index (κ3) is 15.2. The zero-order valence-corrected chi connectivity index (χ0v) is 70.9. The lowest BCUT2D eigenvalue weighted by Gasteiger charge is -2.17. The zero-order chi connectivity index (χ0) is 86.7. The first-order chi connectivity index (χ1) is 57.3. The molecule has 115 heavy (non-hydrogen) atoms. The predicted octanol–water partition coefficient (Wildman–Crippen LogP) is 25.2. The summed E-state index contributed by atoms with van der Waals surface area (Å²) in [6.45, 7) is 36.9. The number of pyridine rings is 7. The van der Waals surface area contributed by atoms with Gasteiger partial charge >= 0.3 is 0 Å². The molecule has 0 bridgehead atoms. The highest BCUT2D eigenvalue weighted by Gasteiger charge is 2.30. The summed E-state index contributed by atoms with van der Waals surface area (Å²) in [6, 6.07) is 68.9. The highest BCUT2D eigenvalue weighted by molar-refractivity contribution is 6.23. The summed E-state index contributed by atoms with van der Waals surface area (Å²) in [5.41, 5.74) is 29.8. The zero-order valence-electron chi connectivity index (χ0n) is 76.9. The molecule has 10 heteroatoms. The van der Waals surface area contributed by atoms with Gasteiger partial charge in [-0.05, 0) is 251 Å². The molecule has 18 aromatic rings. The Bertz CT molecular complexity index is 7180. The van der Waals surface area contributed by atoms with Crippen LogP contribution in [0.3, 0.4) is 0 Å². The van der Waals surface area contributed by atoms with Crippen molar-refractivity contribution in [3.63, 3.8) is 0 Å². The minimum atomic E-state index is -1.43. The van der Waals surface area contributed by atoms with E-state index in [0.29, 0.717) is 23.1 Å². The molecule has 10 aromatic heterocycles. The van der Waals surface area contributed by atoms with Crippen molar-refractivity contribution in [2.24, 2.45) is 51.4 Å². The minimum Gasteiger partial charge on any atom is -0.437 e. The van der Waals surface area contributed by atoms with E-state index in [0.717, 1.165) is 161 Å². The monoisotopic (exact) mass is 1520 g/mol. The van der Waals surface area contributed by atoms with Crippen LogP contribution in [0.5, 0.6) is 0 Å². The molecule has 0 unspecified atom stereocenters. The maximum absolute atomic E-state index is 8.74. The van der Waals surface area contributed by atoms with Gasteiger partial charge in [-0.1, -0.05) is 141 Å². The predicted molar refractivity (Wildman–Crippen MR) is 479 cm³/mol. The third-order valence-corrected chi connectivity index (χ3v) is 22.6. The molecule has 0 aliphatic rings. The Morgan fingerprint density at radius 1 is 0.357 bits per heavy atom. The first-order valence-corrected chi connectivity index (χ1v) is 40.4. The minimum absolute atomic E-state index is 0.127. The van der Waals surface area contributed by atoms with E-state index in [9.17, 15) is 0 Å². The number of furan rings is 3. The van der Waals surface area contributed by atoms with Crippen LogP contribution in [0, 0.1) is 85.5 Å². The van der Waals surface area contributed by atoms with E-state index in [1.807, 2.05) is 155 Å². The van der Waals surface area contributed by atoms with Gasteiger partial charge < -0.3 is 13.3 Å². The molecular formula is C105H111N7O3+4. The molecule has 0 N–H and O–H groups in total. The summed E-state index contributed by atoms with van der Waals surface area (Å²) in [5.74, 6) is 0.362. The van der Waals surface area contributed by atoms with Gasteiger partial charge in [0, 0.05) is 127 Å². The second kappa shape index (κ2) is 31.6. The van der Waals surface area contributed by atoms with Gasteiger partial charge in [0.25, 0.3) is 0 Å². The van der Waals surface area contributed by atoms with Crippen LogP contribution in [0.2, 0.25) is 0 Å². The highest BCUT2D eigenvalue weighted by atomic mass is 16.3. The Morgan fingerprint density at radius 3 is 1.21 bits per heavy atom. The Labute approximate surface area is 686 Å². The lowest BCUT2D eigenvalue weighted by atomic mass is 9.88. The molecule has 0 atom stereocenters. The normalized spacial score (nSPS) is 13.1. The molecule has 0 fully saturated rings. The number of aryl methyl sites for hydroxylation is 11. The summed E-state index contributed by atoms with van der Waals surface area (Å²) in [7, 11) is 8.24. The van der Waals surface area contributed by atoms with Crippen LogP contribution in [0.1, 0.15) is 143 Å². The Balaban J connectivity index is 0.000000128. The quantitative estimate of drug-likeness (QED) is 0.120. The maximum Gasteiger partial charge on any atom is 0.227 e. The van der Waals surface area contributed by atoms with E-state index >= 15 is 0 Å². The smallest absolute Gasteiger partial charge is 0.227 e. The van der Waals surface area contributed by atoms with Crippen LogP contribution in [-0.4, -0.2) is 15.0 Å². The Hall–Kier alpha value is -11.8. The van der Waals surface area contributed by atoms with E-state index in [1.165, 1.54) is 55.2 Å². The van der Waals surface area contributed by atoms with Gasteiger partial charge in [-0.2, -0.15) is 13.7 Å². The summed E-state index contributed by atoms with van der Waals surface area (Å²) >= 11 is 0. The molecule has 580 valence electrons. The molecule has 0 spiro atoms. The van der Waals surface area contributed by atoms with Crippen molar-refractivity contribution in [3.8, 4) is 45.0 Å². The summed E-state index contributed by atoms with van der Waals surface area (Å²) in [4.78, 5) is 14.0. The average Bonchev–Trinajstić information content (AvgIpc) is 1.62. The fourth-order valence-electron chi connectivity index (χ4n) is 16.8. The number of hydrogen-bond donors (Lipinski definition) is 0. The van der Waals surface area contributed by atoms with Crippen molar-refractivity contribution in [2.45, 2.75) is 150 Å². The largest absolute Gasteiger partial charge is 0.437 e. The molecule has 18 rings (SSSR count). The van der Waals surface area contributed by atoms with Crippen LogP contribution < -0.4 is 18.3 Å². The van der Waals surface area contributed by atoms with Crippen molar-refractivity contribution in [1.82, 2.24) is 15.0 Å². The van der Waals surface area contributed by atoms with Gasteiger partial charge in [0.15, 0.2) is 22.9 Å². The molecule has 0 radical (unpaired) electrons. The van der Waals surface area contributed by atoms with Crippen molar-refractivity contribution < 1.29 is 39.7 Å². The van der Waals surface area contributed by atoms with Crippen LogP contribution in [0.15, 0.2) is 220 Å². The molecule has 10 heterocycles. The number of benzene rings is 8. The number of hydrogen-bond acceptors (Lipinski definition) is 6. The second-order valence-electron chi connectivity index (χ2n) is 33.6. The summed E-state index contributed by atoms with van der Waals surface area (Å²) in [6.07, 6.45) is -1.22. The van der Waals surface area contributed by atoms with Gasteiger partial charge in [-0.3, -0.25) is 0 Å². The third-order valence-electron chi connectivity index (χ3n) is 22.6.